The van der Waals surface area contributed by atoms with E-state index in [1.807, 2.05) is 13.8 Å². The summed E-state index contributed by atoms with van der Waals surface area (Å²) in [6.07, 6.45) is 2.94. The standard InChI is InChI=1S/C23H34N2O6S/c1-15-5-8-18(9-6-15)24(4)22(27)14-31-23(28)21-12-19(26)13-25(21)32(29,30)20-10-7-16(2)17(3)11-20/h7,10-11,15,18-19,21,26H,5-6,8-9,12-14H2,1-4H3/t15?,18?,19?,21-/m0/s1. The fourth-order valence-corrected chi connectivity index (χ4v) is 6.15. The van der Waals surface area contributed by atoms with E-state index in [2.05, 4.69) is 6.92 Å². The molecule has 0 radical (unpaired) electrons. The third-order valence-corrected chi connectivity index (χ3v) is 8.73. The molecule has 1 aromatic rings. The molecule has 1 aromatic carbocycles. The van der Waals surface area contributed by atoms with Gasteiger partial charge in [0.25, 0.3) is 5.91 Å². The summed E-state index contributed by atoms with van der Waals surface area (Å²) < 4.78 is 32.6. The van der Waals surface area contributed by atoms with Crippen molar-refractivity contribution in [2.45, 2.75) is 76.0 Å². The quantitative estimate of drug-likeness (QED) is 0.643. The monoisotopic (exact) mass is 466 g/mol. The zero-order chi connectivity index (χ0) is 23.6. The fourth-order valence-electron chi connectivity index (χ4n) is 4.44. The van der Waals surface area contributed by atoms with Crippen LogP contribution in [0.2, 0.25) is 0 Å². The van der Waals surface area contributed by atoms with Crippen LogP contribution in [0, 0.1) is 19.8 Å². The van der Waals surface area contributed by atoms with Crippen molar-refractivity contribution in [2.75, 3.05) is 20.2 Å². The first-order valence-corrected chi connectivity index (χ1v) is 12.6. The van der Waals surface area contributed by atoms with Gasteiger partial charge in [0.1, 0.15) is 6.04 Å². The van der Waals surface area contributed by atoms with Crippen LogP contribution in [0.25, 0.3) is 0 Å². The van der Waals surface area contributed by atoms with Gasteiger partial charge in [0.2, 0.25) is 10.0 Å². The van der Waals surface area contributed by atoms with E-state index in [1.54, 1.807) is 24.1 Å². The maximum Gasteiger partial charge on any atom is 0.325 e. The number of hydrogen-bond donors (Lipinski definition) is 1. The van der Waals surface area contributed by atoms with Crippen LogP contribution in [0.1, 0.15) is 50.2 Å². The lowest BCUT2D eigenvalue weighted by atomic mass is 9.87. The molecule has 1 unspecified atom stereocenters. The Labute approximate surface area is 190 Å². The number of benzene rings is 1. The number of ether oxygens (including phenoxy) is 1. The minimum absolute atomic E-state index is 0.0621. The molecule has 0 spiro atoms. The van der Waals surface area contributed by atoms with E-state index in [0.29, 0.717) is 5.92 Å². The molecule has 8 nitrogen and oxygen atoms in total. The van der Waals surface area contributed by atoms with E-state index in [9.17, 15) is 23.1 Å². The first kappa shape index (κ1) is 24.7. The van der Waals surface area contributed by atoms with E-state index in [-0.39, 0.29) is 29.8 Å². The molecule has 1 amide bonds. The molecule has 0 bridgehead atoms. The maximum atomic E-state index is 13.2. The Morgan fingerprint density at radius 1 is 1.16 bits per heavy atom. The highest BCUT2D eigenvalue weighted by atomic mass is 32.2. The van der Waals surface area contributed by atoms with Gasteiger partial charge in [-0.1, -0.05) is 13.0 Å². The van der Waals surface area contributed by atoms with Gasteiger partial charge in [-0.2, -0.15) is 4.31 Å². The Morgan fingerprint density at radius 2 is 1.81 bits per heavy atom. The highest BCUT2D eigenvalue weighted by Crippen LogP contribution is 2.29. The first-order valence-electron chi connectivity index (χ1n) is 11.2. The lowest BCUT2D eigenvalue weighted by Crippen LogP contribution is -2.44. The summed E-state index contributed by atoms with van der Waals surface area (Å²) in [4.78, 5) is 27.0. The van der Waals surface area contributed by atoms with Gasteiger partial charge in [-0.15, -0.1) is 0 Å². The smallest absolute Gasteiger partial charge is 0.325 e. The number of β-amino-alcohol motifs (C(OH)–C–C–N with tert-alkyl or cyclic N) is 1. The summed E-state index contributed by atoms with van der Waals surface area (Å²) in [6.45, 7) is 5.27. The van der Waals surface area contributed by atoms with Gasteiger partial charge in [0.15, 0.2) is 6.61 Å². The second-order valence-electron chi connectivity index (χ2n) is 9.25. The molecule has 3 rings (SSSR count). The SMILES string of the molecule is Cc1ccc(S(=O)(=O)N2CC(O)C[C@H]2C(=O)OCC(=O)N(C)C2CCC(C)CC2)cc1C. The average molecular weight is 467 g/mol. The molecule has 9 heteroatoms. The molecular formula is C23H34N2O6S. The predicted octanol–water partition coefficient (Wildman–Crippen LogP) is 2.01. The number of aliphatic hydroxyl groups is 1. The number of likely N-dealkylation sites (N-methyl/N-ethyl adjacent to an activating group) is 1. The molecular weight excluding hydrogens is 432 g/mol. The highest BCUT2D eigenvalue weighted by Gasteiger charge is 2.44. The Kier molecular flexibility index (Phi) is 7.62. The third-order valence-electron chi connectivity index (χ3n) is 6.86. The van der Waals surface area contributed by atoms with Crippen LogP contribution in [0.3, 0.4) is 0 Å². The first-order chi connectivity index (χ1) is 15.0. The minimum atomic E-state index is -4.01. The number of carbonyl (C=O) groups excluding carboxylic acids is 2. The molecule has 1 saturated heterocycles. The third kappa shape index (κ3) is 5.32. The van der Waals surface area contributed by atoms with E-state index in [4.69, 9.17) is 4.74 Å². The lowest BCUT2D eigenvalue weighted by molar-refractivity contribution is -0.155. The van der Waals surface area contributed by atoms with Crippen LogP contribution in [-0.4, -0.2) is 73.0 Å². The number of rotatable bonds is 6. The summed E-state index contributed by atoms with van der Waals surface area (Å²) in [6, 6.07) is 3.73. The zero-order valence-corrected chi connectivity index (χ0v) is 20.1. The number of esters is 1. The van der Waals surface area contributed by atoms with E-state index in [1.165, 1.54) is 6.07 Å². The van der Waals surface area contributed by atoms with Crippen molar-refractivity contribution >= 4 is 21.9 Å². The molecule has 2 atom stereocenters. The summed E-state index contributed by atoms with van der Waals surface area (Å²) in [5, 5.41) is 10.1. The predicted molar refractivity (Wildman–Crippen MR) is 119 cm³/mol. The summed E-state index contributed by atoms with van der Waals surface area (Å²) in [7, 11) is -2.29. The van der Waals surface area contributed by atoms with Crippen LogP contribution in [0.15, 0.2) is 23.1 Å². The van der Waals surface area contributed by atoms with Crippen molar-refractivity contribution in [3.8, 4) is 0 Å². The van der Waals surface area contributed by atoms with Crippen LogP contribution < -0.4 is 0 Å². The van der Waals surface area contributed by atoms with Crippen molar-refractivity contribution < 1.29 is 27.9 Å². The van der Waals surface area contributed by atoms with Gasteiger partial charge >= 0.3 is 5.97 Å². The topological polar surface area (TPSA) is 104 Å². The maximum absolute atomic E-state index is 13.2. The Balaban J connectivity index is 1.65. The molecule has 1 aliphatic carbocycles. The van der Waals surface area contributed by atoms with Crippen molar-refractivity contribution in [3.63, 3.8) is 0 Å². The fraction of sp³-hybridized carbons (Fsp3) is 0.652. The lowest BCUT2D eigenvalue weighted by Gasteiger charge is -2.33. The average Bonchev–Trinajstić information content (AvgIpc) is 3.16. The second-order valence-corrected chi connectivity index (χ2v) is 11.1. The van der Waals surface area contributed by atoms with E-state index in [0.717, 1.165) is 41.1 Å². The summed E-state index contributed by atoms with van der Waals surface area (Å²) in [5.74, 6) is -0.459. The zero-order valence-electron chi connectivity index (χ0n) is 19.3. The molecule has 178 valence electrons. The molecule has 1 aliphatic heterocycles. The second kappa shape index (κ2) is 9.89. The Bertz CT molecular complexity index is 955. The number of carbonyl (C=O) groups is 2. The molecule has 2 fully saturated rings. The van der Waals surface area contributed by atoms with Crippen LogP contribution >= 0.6 is 0 Å². The summed E-state index contributed by atoms with van der Waals surface area (Å²) >= 11 is 0. The van der Waals surface area contributed by atoms with Gasteiger partial charge in [-0.3, -0.25) is 9.59 Å². The summed E-state index contributed by atoms with van der Waals surface area (Å²) in [5.41, 5.74) is 1.77. The Morgan fingerprint density at radius 3 is 2.44 bits per heavy atom. The van der Waals surface area contributed by atoms with Crippen molar-refractivity contribution in [3.05, 3.63) is 29.3 Å². The van der Waals surface area contributed by atoms with Crippen LogP contribution in [0.5, 0.6) is 0 Å². The number of hydrogen-bond acceptors (Lipinski definition) is 6. The molecule has 2 aliphatic rings. The molecule has 0 aromatic heterocycles. The minimum Gasteiger partial charge on any atom is -0.454 e. The highest BCUT2D eigenvalue weighted by molar-refractivity contribution is 7.89. The number of sulfonamides is 1. The molecule has 32 heavy (non-hydrogen) atoms. The van der Waals surface area contributed by atoms with Gasteiger partial charge < -0.3 is 14.7 Å². The molecule has 1 N–H and O–H groups in total. The van der Waals surface area contributed by atoms with Crippen molar-refractivity contribution in [1.29, 1.82) is 0 Å². The normalized spacial score (nSPS) is 26.7. The number of amides is 1. The van der Waals surface area contributed by atoms with Gasteiger partial charge in [-0.25, -0.2) is 8.42 Å². The van der Waals surface area contributed by atoms with Gasteiger partial charge in [0, 0.05) is 26.1 Å². The van der Waals surface area contributed by atoms with Gasteiger partial charge in [-0.05, 0) is 68.7 Å². The van der Waals surface area contributed by atoms with E-state index >= 15 is 0 Å². The van der Waals surface area contributed by atoms with Crippen molar-refractivity contribution in [2.24, 2.45) is 5.92 Å². The van der Waals surface area contributed by atoms with E-state index < -0.39 is 34.7 Å². The molecule has 1 heterocycles. The largest absolute Gasteiger partial charge is 0.454 e. The number of nitrogens with zero attached hydrogens (tertiary/aromatic N) is 2. The Hall–Kier alpha value is -1.97. The molecule has 1 saturated carbocycles. The number of aliphatic hydroxyl groups excluding tert-OH is 1. The van der Waals surface area contributed by atoms with Crippen LogP contribution in [-0.2, 0) is 24.3 Å². The number of aryl methyl sites for hydroxylation is 2. The van der Waals surface area contributed by atoms with Crippen molar-refractivity contribution in [1.82, 2.24) is 9.21 Å². The van der Waals surface area contributed by atoms with Crippen LogP contribution in [0.4, 0.5) is 0 Å². The van der Waals surface area contributed by atoms with Gasteiger partial charge in [0.05, 0.1) is 11.0 Å².